The Bertz CT molecular complexity index is 6270. The van der Waals surface area contributed by atoms with Crippen molar-refractivity contribution in [2.75, 3.05) is 94.0 Å². The number of carbonyl (C=O) groups excluding carboxylic acids is 6. The van der Waals surface area contributed by atoms with Gasteiger partial charge in [0.1, 0.15) is 23.3 Å². The van der Waals surface area contributed by atoms with Gasteiger partial charge in [-0.25, -0.2) is 23.5 Å². The van der Waals surface area contributed by atoms with Gasteiger partial charge in [-0.15, -0.1) is 29.0 Å². The molecule has 8 N–H and O–H groups in total. The monoisotopic (exact) mass is 2090 g/mol. The summed E-state index contributed by atoms with van der Waals surface area (Å²) in [6.45, 7) is 14.1. The molecule has 10 aromatic rings. The fourth-order valence-electron chi connectivity index (χ4n) is 14.6. The average Bonchev–Trinajstić information content (AvgIpc) is 1.67. The molecule has 11 aliphatic rings. The molecule has 11 fully saturated rings. The zero-order chi connectivity index (χ0) is 109. The maximum atomic E-state index is 12.4. The SMILES string of the molecule is C#CC1CCC1.C#CC1COC1.CC(C)(C)OC(=O)NC1CC(N=[N+]=[N-])C1.COP(=O)(OC)C(=[N+]=[N-])C(C)=O.O=C(NC1CC(n2cc(C3COC3)nn2)C1)c1cc(-c2ccccc2)on1.O=C(NC1CC(n2nncc2C2COC2)C1)c1cc(-c2ccccc2)on1.O=C(O)c1cc(-c2ccccc2)no1.O=CC1COC1.OCC1COC1.[2H]CF.[N-]=[N+]=NC1CC(N)C1.[N-]=[N+]=NC1CC(NC(=O)c2cc(-c3ccccc3)no2)C1. The van der Waals surface area contributed by atoms with Gasteiger partial charge in [-0.1, -0.05) is 180 Å². The molecule has 50 heteroatoms. The van der Waals surface area contributed by atoms with Gasteiger partial charge < -0.3 is 103 Å². The third-order valence-electron chi connectivity index (χ3n) is 24.3. The van der Waals surface area contributed by atoms with Crippen LogP contribution in [0, 0.1) is 48.4 Å². The van der Waals surface area contributed by atoms with E-state index in [1.54, 1.807) is 18.2 Å². The Balaban J connectivity index is 0.000000176. The summed E-state index contributed by atoms with van der Waals surface area (Å²) in [4.78, 5) is 89.7. The van der Waals surface area contributed by atoms with Crippen LogP contribution in [0.15, 0.2) is 191 Å². The minimum Gasteiger partial charge on any atom is -0.475 e. The van der Waals surface area contributed by atoms with Gasteiger partial charge in [0.25, 0.3) is 17.7 Å². The molecule has 6 aromatic heterocycles. The summed E-state index contributed by atoms with van der Waals surface area (Å²) in [6, 6.07) is 45.7. The molecule has 6 saturated carbocycles. The molecule has 48 nitrogen and oxygen atoms in total. The summed E-state index contributed by atoms with van der Waals surface area (Å²) in [5, 5.41) is 71.2. The Morgan fingerprint density at radius 1 is 0.580 bits per heavy atom. The Hall–Kier alpha value is -15.3. The van der Waals surface area contributed by atoms with Gasteiger partial charge >= 0.3 is 25.1 Å². The van der Waals surface area contributed by atoms with Gasteiger partial charge in [-0.2, -0.15) is 4.79 Å². The second-order valence-electron chi connectivity index (χ2n) is 36.7. The first-order chi connectivity index (χ1) is 72.9. The van der Waals surface area contributed by atoms with Crippen LogP contribution < -0.4 is 27.0 Å². The predicted molar refractivity (Wildman–Crippen MR) is 539 cm³/mol. The van der Waals surface area contributed by atoms with Crippen molar-refractivity contribution in [3.05, 3.63) is 229 Å². The van der Waals surface area contributed by atoms with Crippen LogP contribution in [0.3, 0.4) is 0 Å². The van der Waals surface area contributed by atoms with Crippen LogP contribution in [0.5, 0.6) is 0 Å². The summed E-state index contributed by atoms with van der Waals surface area (Å²) in [5.74, 6) is 6.48. The highest BCUT2D eigenvalue weighted by atomic mass is 31.2. The largest absolute Gasteiger partial charge is 0.475 e. The van der Waals surface area contributed by atoms with Crippen LogP contribution in [0.4, 0.5) is 9.18 Å². The zero-order valence-corrected chi connectivity index (χ0v) is 84.4. The molecule has 150 heavy (non-hydrogen) atoms. The number of ketones is 1. The number of aromatic carboxylic acids is 1. The quantitative estimate of drug-likeness (QED) is 0.00531. The standard InChI is InChI=1S/2C19H19N5O3.C14H13N5O2.C10H7NO3.C9H16N4O2.C6H8.C5H9N2O4P.C5H6O.C4H8N4.C4H8O2.C4H6O2.CH3F/c25-19(16-8-18(27-22-16)12-4-2-1-3-5-12)20-14-6-15(7-14)24-9-17(21-23-24)13-10-26-11-13;25-19(16-8-18(27-22-16)12-4-2-1-3-5-12)21-14-6-15(7-14)24-17(9-20-23-24)13-10-26-11-13;15-19-17-11-6-10(7-11)16-14(20)13-8-12(18-21-13)9-4-2-1-3-5-9;12-10(13)9-6-8(11-14-9)7-4-2-1-3-5-7;1-9(2,3)15-8(14)11-6-4-7(5-6)12-13-10;1-2-6-4-3-5-6;1-4(8)5(7-6)12(9,10-2)11-3;1-2-5-3-6-4-5;5-3-1-4(2-3)7-8-6;2*5-1-4-2-6-3-4;1-2/h1-5,8-9,13-15H,6-7,10-11H2,(H,20,25);1-5,8-9,13-15H,6-7,10-11H2,(H,21,25);1-5,8,10-11H,6-7H2,(H,16,20);1-6H,(H,12,13);6-7H,4-5H2,1-3H3,(H,11,14);1,6H,3-5H2;1-3H3;1,5H,3-4H2;3-4H,1-2,5H2;4-5H,1-3H2;1,4H,2-3H2;1H3/i;;;;;;;;;;;1D. The second kappa shape index (κ2) is 60.3. The Morgan fingerprint density at radius 2 is 1.01 bits per heavy atom. The number of carboxylic acid groups (broad SMARTS) is 1. The number of nitrogens with two attached hydrogens (primary N) is 1. The first-order valence-corrected chi connectivity index (χ1v) is 49.6. The van der Waals surface area contributed by atoms with Crippen LogP contribution in [0.25, 0.3) is 82.0 Å². The molecule has 0 bridgehead atoms. The van der Waals surface area contributed by atoms with E-state index in [2.05, 4.69) is 123 Å². The number of rotatable bonds is 25. The normalized spacial score (nSPS) is 20.6. The van der Waals surface area contributed by atoms with Gasteiger partial charge in [-0.3, -0.25) is 23.6 Å². The zero-order valence-electron chi connectivity index (χ0n) is 84.5. The molecular weight excluding hydrogens is 1970 g/mol. The number of terminal acetylenes is 2. The third kappa shape index (κ3) is 36.3. The Labute approximate surface area is 863 Å². The van der Waals surface area contributed by atoms with Crippen molar-refractivity contribution < 1.29 is 114 Å². The highest BCUT2D eigenvalue weighted by Crippen LogP contribution is 2.47. The summed E-state index contributed by atoms with van der Waals surface area (Å²) in [5.41, 5.74) is 44.4. The van der Waals surface area contributed by atoms with Gasteiger partial charge in [0.2, 0.25) is 17.3 Å². The highest BCUT2D eigenvalue weighted by molar-refractivity contribution is 7.74. The van der Waals surface area contributed by atoms with Crippen molar-refractivity contribution in [2.24, 2.45) is 44.7 Å². The smallest absolute Gasteiger partial charge is 0.446 e. The van der Waals surface area contributed by atoms with E-state index in [4.69, 9.17) is 94.3 Å². The molecule has 21 rings (SSSR count). The average molecular weight is 2090 g/mol. The van der Waals surface area contributed by atoms with E-state index in [1.807, 2.05) is 164 Å². The number of nitrogens with one attached hydrogen (secondary N) is 4. The predicted octanol–water partition coefficient (Wildman–Crippen LogP) is 14.9. The molecule has 0 radical (unpaired) electrons. The molecule has 4 amide bonds. The lowest BCUT2D eigenvalue weighted by Gasteiger charge is -2.37. The van der Waals surface area contributed by atoms with E-state index in [0.717, 1.165) is 152 Å². The van der Waals surface area contributed by atoms with Crippen molar-refractivity contribution in [1.29, 1.82) is 0 Å². The van der Waals surface area contributed by atoms with Gasteiger partial charge in [0.05, 0.1) is 129 Å². The van der Waals surface area contributed by atoms with Crippen LogP contribution >= 0.6 is 7.60 Å². The molecule has 5 aliphatic heterocycles. The number of aliphatic hydroxyl groups is 1. The van der Waals surface area contributed by atoms with Crippen molar-refractivity contribution in [2.45, 2.75) is 189 Å². The summed E-state index contributed by atoms with van der Waals surface area (Å²) < 4.78 is 89.7. The lowest BCUT2D eigenvalue weighted by Crippen LogP contribution is -2.47. The third-order valence-corrected chi connectivity index (χ3v) is 26.2. The number of carbonyl (C=O) groups is 7. The number of azide groups is 3. The second-order valence-corrected chi connectivity index (χ2v) is 38.8. The van der Waals surface area contributed by atoms with Gasteiger partial charge in [0.15, 0.2) is 22.9 Å². The number of benzene rings is 4. The number of halogens is 1. The van der Waals surface area contributed by atoms with Gasteiger partial charge in [-0.05, 0) is 114 Å². The number of hydrogen-bond donors (Lipinski definition) is 7. The number of Topliss-reactive ketones (excluding diaryl/α,β-unsaturated/α-hetero) is 1. The number of amides is 4. The fraction of sp³-hybridized carbons (Fsp3) is 0.480. The number of alkyl carbamates (subject to hydrolysis) is 1. The molecule has 0 atom stereocenters. The summed E-state index contributed by atoms with van der Waals surface area (Å²) in [7, 11) is -2.51. The molecule has 796 valence electrons. The van der Waals surface area contributed by atoms with Crippen molar-refractivity contribution in [1.82, 2.24) is 71.9 Å². The van der Waals surface area contributed by atoms with Crippen molar-refractivity contribution >= 4 is 54.9 Å². The van der Waals surface area contributed by atoms with Crippen LogP contribution in [0.2, 0.25) is 0 Å². The number of aliphatic hydroxyl groups excluding tert-OH is 1. The highest BCUT2D eigenvalue weighted by Gasteiger charge is 2.43. The Kier molecular flexibility index (Phi) is 46.2. The van der Waals surface area contributed by atoms with Crippen LogP contribution in [-0.4, -0.2) is 261 Å². The number of aromatic nitrogens is 10. The van der Waals surface area contributed by atoms with E-state index in [-0.39, 0.29) is 95.6 Å². The minimum atomic E-state index is -3.70. The maximum absolute atomic E-state index is 12.4. The van der Waals surface area contributed by atoms with Crippen LogP contribution in [0.1, 0.15) is 190 Å². The van der Waals surface area contributed by atoms with Crippen molar-refractivity contribution in [3.8, 4) is 69.8 Å². The number of ether oxygens (including phenoxy) is 6. The number of nitrogens with zero attached hydrogens (tertiary/aromatic N) is 21. The number of carboxylic acids is 1. The number of hydrogen-bond acceptors (Lipinski definition) is 33. The lowest BCUT2D eigenvalue weighted by atomic mass is 9.86. The van der Waals surface area contributed by atoms with E-state index in [0.29, 0.717) is 109 Å². The fourth-order valence-corrected chi connectivity index (χ4v) is 15.6. The van der Waals surface area contributed by atoms with Crippen LogP contribution in [-0.2, 0) is 51.6 Å². The molecule has 11 heterocycles. The first-order valence-electron chi connectivity index (χ1n) is 48.8. The molecule has 5 saturated heterocycles. The van der Waals surface area contributed by atoms with E-state index < -0.39 is 43.6 Å². The number of aldehydes is 1. The van der Waals surface area contributed by atoms with Crippen molar-refractivity contribution in [3.63, 3.8) is 0 Å². The summed E-state index contributed by atoms with van der Waals surface area (Å²) >= 11 is 0. The lowest BCUT2D eigenvalue weighted by molar-refractivity contribution is -0.123. The molecular formula is C100H122FN26O22P. The number of alkyl halides is 1. The molecule has 0 unspecified atom stereocenters. The topological polar surface area (TPSA) is 673 Å². The first kappa shape index (κ1) is 115. The molecule has 6 aliphatic carbocycles. The van der Waals surface area contributed by atoms with E-state index >= 15 is 0 Å². The molecule has 0 spiro atoms. The minimum absolute atomic E-state index is 0.0186. The maximum Gasteiger partial charge on any atom is 0.446 e. The van der Waals surface area contributed by atoms with Gasteiger partial charge in [0, 0.05) is 155 Å². The summed E-state index contributed by atoms with van der Waals surface area (Å²) in [6.07, 6.45) is 26.1. The molecule has 4 aromatic carbocycles. The van der Waals surface area contributed by atoms with E-state index in [9.17, 15) is 42.5 Å². The Morgan fingerprint density at radius 3 is 1.35 bits per heavy atom. The van der Waals surface area contributed by atoms with E-state index in [1.165, 1.54) is 25.3 Å².